The molecular weight excluding hydrogens is 548 g/mol. The van der Waals surface area contributed by atoms with Crippen LogP contribution in [0.3, 0.4) is 0 Å². The Morgan fingerprint density at radius 3 is 2.77 bits per heavy atom. The van der Waals surface area contributed by atoms with E-state index in [2.05, 4.69) is 4.98 Å². The van der Waals surface area contributed by atoms with Crippen LogP contribution in [0.25, 0.3) is 27.4 Å². The number of sulfone groups is 1. The molecule has 7 rings (SSSR count). The van der Waals surface area contributed by atoms with Crippen LogP contribution in [0.5, 0.6) is 5.75 Å². The molecule has 2 aromatic heterocycles. The summed E-state index contributed by atoms with van der Waals surface area (Å²) in [5.74, 6) is -0.665. The van der Waals surface area contributed by atoms with Gasteiger partial charge in [-0.2, -0.15) is 0 Å². The Bertz CT molecular complexity index is 1930. The molecule has 4 aromatic rings. The molecule has 202 valence electrons. The molecule has 2 aromatic carbocycles. The van der Waals surface area contributed by atoms with Gasteiger partial charge in [-0.15, -0.1) is 0 Å². The van der Waals surface area contributed by atoms with Gasteiger partial charge in [-0.1, -0.05) is 54.1 Å². The van der Waals surface area contributed by atoms with Crippen LogP contribution in [-0.4, -0.2) is 47.1 Å². The van der Waals surface area contributed by atoms with Crippen LogP contribution in [0.2, 0.25) is 5.15 Å². The van der Waals surface area contributed by atoms with E-state index >= 15 is 0 Å². The maximum atomic E-state index is 14.1. The molecule has 1 saturated carbocycles. The van der Waals surface area contributed by atoms with Gasteiger partial charge >= 0.3 is 0 Å². The van der Waals surface area contributed by atoms with E-state index in [0.717, 1.165) is 16.5 Å². The molecule has 0 radical (unpaired) electrons. The summed E-state index contributed by atoms with van der Waals surface area (Å²) in [6, 6.07) is 13.4. The maximum absolute atomic E-state index is 14.1. The Kier molecular flexibility index (Phi) is 5.94. The molecule has 7 nitrogen and oxygen atoms in total. The summed E-state index contributed by atoms with van der Waals surface area (Å²) in [5.41, 5.74) is 4.08. The molecule has 1 fully saturated rings. The standard InChI is InChI=1S/C31H25ClN2O5S/c32-31-20(15-19-5-1-3-7-23(19)33-31)16-34-24-12-9-18-13-14-39-30(18)28(24)27(22-6-2-4-8-25(22)35)29(34)26(36)17-40(37,38)21-10-11-21/h1-7,9,12,15,21H,8,10-11,13-14,16-17H2. The highest BCUT2D eigenvalue weighted by molar-refractivity contribution is 7.93. The number of Topliss-reactive ketones (excluding diaryl/α,β-unsaturated/α-hetero) is 2. The fourth-order valence-corrected chi connectivity index (χ4v) is 7.57. The fraction of sp³-hybridized carbons (Fsp3) is 0.258. The van der Waals surface area contributed by atoms with Crippen molar-refractivity contribution in [3.05, 3.63) is 88.2 Å². The van der Waals surface area contributed by atoms with Gasteiger partial charge in [0.15, 0.2) is 21.4 Å². The number of hydrogen-bond donors (Lipinski definition) is 0. The number of carbonyl (C=O) groups excluding carboxylic acids is 2. The second kappa shape index (κ2) is 9.42. The largest absolute Gasteiger partial charge is 0.492 e. The first-order chi connectivity index (χ1) is 19.3. The summed E-state index contributed by atoms with van der Waals surface area (Å²) >= 11 is 6.66. The Morgan fingerprint density at radius 1 is 1.15 bits per heavy atom. The van der Waals surface area contributed by atoms with Gasteiger partial charge in [-0.3, -0.25) is 9.59 Å². The van der Waals surface area contributed by atoms with E-state index in [4.69, 9.17) is 16.3 Å². The monoisotopic (exact) mass is 572 g/mol. The third-order valence-electron chi connectivity index (χ3n) is 7.86. The predicted molar refractivity (Wildman–Crippen MR) is 155 cm³/mol. The Balaban J connectivity index is 1.51. The van der Waals surface area contributed by atoms with Gasteiger partial charge in [0.1, 0.15) is 16.7 Å². The SMILES string of the molecule is O=C1CC=CC=C1c1c(C(=O)CS(=O)(=O)C2CC2)n(Cc2cc3ccccc3nc2Cl)c2ccc3c(c12)OCC3. The highest BCUT2D eigenvalue weighted by atomic mass is 35.5. The minimum atomic E-state index is -3.62. The Labute approximate surface area is 236 Å². The average Bonchev–Trinajstić information content (AvgIpc) is 3.61. The number of hydrogen-bond acceptors (Lipinski definition) is 6. The van der Waals surface area contributed by atoms with Crippen LogP contribution >= 0.6 is 11.6 Å². The molecule has 9 heteroatoms. The van der Waals surface area contributed by atoms with Gasteiger partial charge in [0, 0.05) is 34.9 Å². The zero-order valence-electron chi connectivity index (χ0n) is 21.5. The van der Waals surface area contributed by atoms with Crippen LogP contribution in [0.15, 0.2) is 60.7 Å². The van der Waals surface area contributed by atoms with Crippen LogP contribution < -0.4 is 4.74 Å². The van der Waals surface area contributed by atoms with Gasteiger partial charge < -0.3 is 9.30 Å². The molecule has 3 aliphatic rings. The lowest BCUT2D eigenvalue weighted by atomic mass is 9.92. The van der Waals surface area contributed by atoms with E-state index in [-0.39, 0.29) is 24.4 Å². The molecular formula is C31H25ClN2O5S. The number of carbonyl (C=O) groups is 2. The van der Waals surface area contributed by atoms with Crippen molar-refractivity contribution in [1.82, 2.24) is 9.55 Å². The van der Waals surface area contributed by atoms with Crippen molar-refractivity contribution in [2.75, 3.05) is 12.4 Å². The number of benzene rings is 2. The van der Waals surface area contributed by atoms with E-state index in [1.54, 1.807) is 22.8 Å². The summed E-state index contributed by atoms with van der Waals surface area (Å²) < 4.78 is 33.9. The van der Waals surface area contributed by atoms with Gasteiger partial charge in [-0.25, -0.2) is 13.4 Å². The topological polar surface area (TPSA) is 95.3 Å². The summed E-state index contributed by atoms with van der Waals surface area (Å²) in [6.07, 6.45) is 7.31. The van der Waals surface area contributed by atoms with Gasteiger partial charge in [-0.05, 0) is 36.6 Å². The molecule has 0 saturated heterocycles. The van der Waals surface area contributed by atoms with Crippen LogP contribution in [0.4, 0.5) is 0 Å². The van der Waals surface area contributed by atoms with E-state index < -0.39 is 26.6 Å². The number of pyridine rings is 1. The van der Waals surface area contributed by atoms with Crippen LogP contribution in [0, 0.1) is 0 Å². The molecule has 1 aliphatic heterocycles. The van der Waals surface area contributed by atoms with Crippen LogP contribution in [-0.2, 0) is 27.6 Å². The summed E-state index contributed by atoms with van der Waals surface area (Å²) in [7, 11) is -3.62. The number of halogens is 1. The molecule has 3 heterocycles. The fourth-order valence-electron chi connectivity index (χ4n) is 5.78. The first kappa shape index (κ1) is 25.2. The summed E-state index contributed by atoms with van der Waals surface area (Å²) in [5, 5.41) is 1.35. The van der Waals surface area contributed by atoms with Crippen molar-refractivity contribution in [3.63, 3.8) is 0 Å². The van der Waals surface area contributed by atoms with Gasteiger partial charge in [0.25, 0.3) is 0 Å². The predicted octanol–water partition coefficient (Wildman–Crippen LogP) is 5.50. The van der Waals surface area contributed by atoms with Crippen molar-refractivity contribution in [1.29, 1.82) is 0 Å². The van der Waals surface area contributed by atoms with E-state index in [1.165, 1.54) is 0 Å². The molecule has 2 aliphatic carbocycles. The lowest BCUT2D eigenvalue weighted by molar-refractivity contribution is -0.113. The lowest BCUT2D eigenvalue weighted by Crippen LogP contribution is -2.24. The zero-order chi connectivity index (χ0) is 27.6. The molecule has 0 unspecified atom stereocenters. The Morgan fingerprint density at radius 2 is 1.98 bits per heavy atom. The number of rotatable bonds is 7. The van der Waals surface area contributed by atoms with E-state index in [1.807, 2.05) is 42.5 Å². The van der Waals surface area contributed by atoms with E-state index in [0.29, 0.717) is 64.4 Å². The van der Waals surface area contributed by atoms with Crippen molar-refractivity contribution >= 4 is 60.4 Å². The normalized spacial score (nSPS) is 16.8. The Hall–Kier alpha value is -3.75. The van der Waals surface area contributed by atoms with Gasteiger partial charge in [0.05, 0.1) is 40.5 Å². The van der Waals surface area contributed by atoms with Crippen molar-refractivity contribution in [3.8, 4) is 5.75 Å². The summed E-state index contributed by atoms with van der Waals surface area (Å²) in [6.45, 7) is 0.652. The number of ketones is 2. The number of allylic oxidation sites excluding steroid dienone is 4. The van der Waals surface area contributed by atoms with Crippen LogP contribution in [0.1, 0.15) is 46.4 Å². The molecule has 0 spiro atoms. The van der Waals surface area contributed by atoms with Crippen molar-refractivity contribution in [2.45, 2.75) is 37.5 Å². The number of nitrogens with zero attached hydrogens (tertiary/aromatic N) is 2. The summed E-state index contributed by atoms with van der Waals surface area (Å²) in [4.78, 5) is 31.9. The van der Waals surface area contributed by atoms with Crippen molar-refractivity contribution in [2.24, 2.45) is 0 Å². The molecule has 0 amide bonds. The highest BCUT2D eigenvalue weighted by Gasteiger charge is 2.39. The molecule has 0 atom stereocenters. The van der Waals surface area contributed by atoms with E-state index in [9.17, 15) is 18.0 Å². The second-order valence-electron chi connectivity index (χ2n) is 10.6. The first-order valence-electron chi connectivity index (χ1n) is 13.3. The van der Waals surface area contributed by atoms with Crippen molar-refractivity contribution < 1.29 is 22.7 Å². The smallest absolute Gasteiger partial charge is 0.194 e. The average molecular weight is 573 g/mol. The number of ether oxygens (including phenoxy) is 1. The van der Waals surface area contributed by atoms with Gasteiger partial charge in [0.2, 0.25) is 0 Å². The second-order valence-corrected chi connectivity index (χ2v) is 13.2. The number of fused-ring (bicyclic) bond motifs is 4. The maximum Gasteiger partial charge on any atom is 0.194 e. The molecule has 40 heavy (non-hydrogen) atoms. The quantitative estimate of drug-likeness (QED) is 0.214. The third kappa shape index (κ3) is 4.17. The number of aromatic nitrogens is 2. The molecule has 0 N–H and O–H groups in total. The third-order valence-corrected chi connectivity index (χ3v) is 10.3. The highest BCUT2D eigenvalue weighted by Crippen LogP contribution is 2.44. The first-order valence-corrected chi connectivity index (χ1v) is 15.4. The molecule has 0 bridgehead atoms. The lowest BCUT2D eigenvalue weighted by Gasteiger charge is -2.15. The zero-order valence-corrected chi connectivity index (χ0v) is 23.1. The number of para-hydroxylation sites is 1. The minimum Gasteiger partial charge on any atom is -0.492 e. The minimum absolute atomic E-state index is 0.137.